The van der Waals surface area contributed by atoms with Crippen LogP contribution in [0.5, 0.6) is 0 Å². The van der Waals surface area contributed by atoms with Crippen LogP contribution in [0.15, 0.2) is 24.3 Å². The Labute approximate surface area is 88.7 Å². The Balaban J connectivity index is 2.21. The van der Waals surface area contributed by atoms with Crippen LogP contribution in [0, 0.1) is 6.92 Å². The van der Waals surface area contributed by atoms with Crippen molar-refractivity contribution in [2.75, 3.05) is 18.0 Å². The zero-order valence-electron chi connectivity index (χ0n) is 8.84. The monoisotopic (exact) mass is 211 g/mol. The molecule has 1 aromatic rings. The van der Waals surface area contributed by atoms with E-state index in [9.17, 15) is 8.78 Å². The molecule has 0 aliphatic carbocycles. The van der Waals surface area contributed by atoms with Gasteiger partial charge in [0.25, 0.3) is 5.92 Å². The van der Waals surface area contributed by atoms with Crippen molar-refractivity contribution in [1.82, 2.24) is 0 Å². The molecule has 0 N–H and O–H groups in total. The number of alkyl halides is 2. The highest BCUT2D eigenvalue weighted by Crippen LogP contribution is 2.31. The molecule has 1 nitrogen and oxygen atoms in total. The number of piperidine rings is 1. The standard InChI is InChI=1S/C12H15F2N/c1-10-5-2-3-6-11(10)15-8-4-7-12(13,14)9-15/h2-3,5-6H,4,7-9H2,1H3. The summed E-state index contributed by atoms with van der Waals surface area (Å²) in [6, 6.07) is 7.70. The highest BCUT2D eigenvalue weighted by Gasteiger charge is 2.35. The highest BCUT2D eigenvalue weighted by molar-refractivity contribution is 5.53. The van der Waals surface area contributed by atoms with Gasteiger partial charge in [-0.1, -0.05) is 18.2 Å². The van der Waals surface area contributed by atoms with Crippen LogP contribution in [0.4, 0.5) is 14.5 Å². The normalized spacial score (nSPS) is 20.3. The predicted molar refractivity (Wildman–Crippen MR) is 57.6 cm³/mol. The zero-order valence-corrected chi connectivity index (χ0v) is 8.84. The molecule has 0 unspecified atom stereocenters. The fraction of sp³-hybridized carbons (Fsp3) is 0.500. The van der Waals surface area contributed by atoms with E-state index < -0.39 is 5.92 Å². The maximum atomic E-state index is 13.2. The average molecular weight is 211 g/mol. The molecule has 15 heavy (non-hydrogen) atoms. The number of halogens is 2. The average Bonchev–Trinajstić information content (AvgIpc) is 2.17. The summed E-state index contributed by atoms with van der Waals surface area (Å²) in [5, 5.41) is 0. The van der Waals surface area contributed by atoms with Gasteiger partial charge in [0.1, 0.15) is 0 Å². The molecule has 82 valence electrons. The molecule has 1 aliphatic rings. The van der Waals surface area contributed by atoms with E-state index in [4.69, 9.17) is 0 Å². The first kappa shape index (κ1) is 10.4. The summed E-state index contributed by atoms with van der Waals surface area (Å²) < 4.78 is 26.5. The van der Waals surface area contributed by atoms with Crippen molar-refractivity contribution in [3.05, 3.63) is 29.8 Å². The number of benzene rings is 1. The van der Waals surface area contributed by atoms with E-state index in [1.807, 2.05) is 31.2 Å². The van der Waals surface area contributed by atoms with Crippen molar-refractivity contribution in [3.63, 3.8) is 0 Å². The fourth-order valence-corrected chi connectivity index (χ4v) is 2.09. The van der Waals surface area contributed by atoms with Crippen molar-refractivity contribution >= 4 is 5.69 Å². The molecule has 3 heteroatoms. The molecule has 1 aliphatic heterocycles. The second kappa shape index (κ2) is 3.80. The third-order valence-corrected chi connectivity index (χ3v) is 2.85. The van der Waals surface area contributed by atoms with Crippen LogP contribution >= 0.6 is 0 Å². The summed E-state index contributed by atoms with van der Waals surface area (Å²) in [7, 11) is 0. The van der Waals surface area contributed by atoms with Gasteiger partial charge in [0, 0.05) is 18.7 Å². The van der Waals surface area contributed by atoms with Gasteiger partial charge in [-0.25, -0.2) is 8.78 Å². The molecule has 0 saturated carbocycles. The molecule has 0 bridgehead atoms. The van der Waals surface area contributed by atoms with Gasteiger partial charge in [-0.15, -0.1) is 0 Å². The lowest BCUT2D eigenvalue weighted by Gasteiger charge is -2.34. The number of para-hydroxylation sites is 1. The van der Waals surface area contributed by atoms with Crippen molar-refractivity contribution in [2.24, 2.45) is 0 Å². The lowest BCUT2D eigenvalue weighted by atomic mass is 10.1. The van der Waals surface area contributed by atoms with Crippen LogP contribution < -0.4 is 4.90 Å². The topological polar surface area (TPSA) is 3.24 Å². The SMILES string of the molecule is Cc1ccccc1N1CCCC(F)(F)C1. The Morgan fingerprint density at radius 1 is 1.27 bits per heavy atom. The van der Waals surface area contributed by atoms with Gasteiger partial charge in [0.05, 0.1) is 6.54 Å². The van der Waals surface area contributed by atoms with E-state index in [1.165, 1.54) is 0 Å². The number of rotatable bonds is 1. The highest BCUT2D eigenvalue weighted by atomic mass is 19.3. The Bertz CT molecular complexity index is 349. The second-order valence-electron chi connectivity index (χ2n) is 4.17. The van der Waals surface area contributed by atoms with Crippen LogP contribution in [0.25, 0.3) is 0 Å². The summed E-state index contributed by atoms with van der Waals surface area (Å²) >= 11 is 0. The molecular weight excluding hydrogens is 196 g/mol. The first-order valence-corrected chi connectivity index (χ1v) is 5.27. The van der Waals surface area contributed by atoms with Crippen LogP contribution in [-0.4, -0.2) is 19.0 Å². The number of nitrogens with zero attached hydrogens (tertiary/aromatic N) is 1. The maximum Gasteiger partial charge on any atom is 0.265 e. The quantitative estimate of drug-likeness (QED) is 0.689. The Morgan fingerprint density at radius 3 is 2.67 bits per heavy atom. The fourth-order valence-electron chi connectivity index (χ4n) is 2.09. The molecule has 0 amide bonds. The summed E-state index contributed by atoms with van der Waals surface area (Å²) in [6.45, 7) is 2.56. The van der Waals surface area contributed by atoms with Gasteiger partial charge < -0.3 is 4.90 Å². The molecular formula is C12H15F2N. The number of aryl methyl sites for hydroxylation is 1. The number of hydrogen-bond acceptors (Lipinski definition) is 1. The van der Waals surface area contributed by atoms with Crippen molar-refractivity contribution in [3.8, 4) is 0 Å². The first-order chi connectivity index (χ1) is 7.08. The van der Waals surface area contributed by atoms with Gasteiger partial charge in [-0.05, 0) is 25.0 Å². The summed E-state index contributed by atoms with van der Waals surface area (Å²) in [4.78, 5) is 1.79. The van der Waals surface area contributed by atoms with E-state index in [0.717, 1.165) is 17.8 Å². The second-order valence-corrected chi connectivity index (χ2v) is 4.17. The third-order valence-electron chi connectivity index (χ3n) is 2.85. The summed E-state index contributed by atoms with van der Waals surface area (Å²) in [5.74, 6) is -2.53. The Kier molecular flexibility index (Phi) is 2.63. The van der Waals surface area contributed by atoms with Gasteiger partial charge in [-0.3, -0.25) is 0 Å². The molecule has 1 fully saturated rings. The van der Waals surface area contributed by atoms with Crippen molar-refractivity contribution in [1.29, 1.82) is 0 Å². The lowest BCUT2D eigenvalue weighted by molar-refractivity contribution is -0.0116. The van der Waals surface area contributed by atoms with Crippen LogP contribution in [0.3, 0.4) is 0 Å². The van der Waals surface area contributed by atoms with Crippen molar-refractivity contribution in [2.45, 2.75) is 25.7 Å². The number of hydrogen-bond donors (Lipinski definition) is 0. The van der Waals surface area contributed by atoms with E-state index >= 15 is 0 Å². The molecule has 2 rings (SSSR count). The molecule has 1 aromatic carbocycles. The van der Waals surface area contributed by atoms with Gasteiger partial charge >= 0.3 is 0 Å². The Morgan fingerprint density at radius 2 is 2.00 bits per heavy atom. The van der Waals surface area contributed by atoms with Crippen LogP contribution in [0.2, 0.25) is 0 Å². The van der Waals surface area contributed by atoms with Gasteiger partial charge in [-0.2, -0.15) is 0 Å². The predicted octanol–water partition coefficient (Wildman–Crippen LogP) is 3.23. The summed E-state index contributed by atoms with van der Waals surface area (Å²) in [6.07, 6.45) is 0.594. The zero-order chi connectivity index (χ0) is 10.9. The van der Waals surface area contributed by atoms with Gasteiger partial charge in [0.15, 0.2) is 0 Å². The molecule has 0 spiro atoms. The van der Waals surface area contributed by atoms with E-state index in [0.29, 0.717) is 6.42 Å². The molecule has 1 saturated heterocycles. The molecule has 1 heterocycles. The third kappa shape index (κ3) is 2.28. The molecule has 0 atom stereocenters. The Hall–Kier alpha value is -1.12. The number of anilines is 1. The summed E-state index contributed by atoms with van der Waals surface area (Å²) in [5.41, 5.74) is 2.01. The van der Waals surface area contributed by atoms with Gasteiger partial charge in [0.2, 0.25) is 0 Å². The first-order valence-electron chi connectivity index (χ1n) is 5.27. The van der Waals surface area contributed by atoms with Crippen LogP contribution in [-0.2, 0) is 0 Å². The maximum absolute atomic E-state index is 13.2. The lowest BCUT2D eigenvalue weighted by Crippen LogP contribution is -2.42. The largest absolute Gasteiger partial charge is 0.365 e. The van der Waals surface area contributed by atoms with E-state index in [-0.39, 0.29) is 13.0 Å². The minimum atomic E-state index is -2.53. The smallest absolute Gasteiger partial charge is 0.265 e. The minimum Gasteiger partial charge on any atom is -0.365 e. The molecule has 0 aromatic heterocycles. The van der Waals surface area contributed by atoms with Crippen LogP contribution in [0.1, 0.15) is 18.4 Å². The minimum absolute atomic E-state index is 0.0232. The van der Waals surface area contributed by atoms with E-state index in [1.54, 1.807) is 4.90 Å². The van der Waals surface area contributed by atoms with E-state index in [2.05, 4.69) is 0 Å². The van der Waals surface area contributed by atoms with Crippen molar-refractivity contribution < 1.29 is 8.78 Å². The molecule has 0 radical (unpaired) electrons.